The van der Waals surface area contributed by atoms with Crippen molar-refractivity contribution in [3.63, 3.8) is 0 Å². The SMILES string of the molecule is Cc1ccc([C@H](C)NC(=S)Nc2cccc(C(F)(F)F)c2)c(C)c1. The molecule has 6 heteroatoms. The maximum absolute atomic E-state index is 12.7. The Morgan fingerprint density at radius 3 is 2.42 bits per heavy atom. The van der Waals surface area contributed by atoms with E-state index in [0.717, 1.165) is 23.3 Å². The van der Waals surface area contributed by atoms with Crippen LogP contribution in [0, 0.1) is 13.8 Å². The summed E-state index contributed by atoms with van der Waals surface area (Å²) in [4.78, 5) is 0. The Hall–Kier alpha value is -2.08. The molecular formula is C18H19F3N2S. The van der Waals surface area contributed by atoms with Gasteiger partial charge in [-0.25, -0.2) is 0 Å². The van der Waals surface area contributed by atoms with E-state index in [2.05, 4.69) is 16.7 Å². The van der Waals surface area contributed by atoms with Gasteiger partial charge in [0.25, 0.3) is 0 Å². The predicted molar refractivity (Wildman–Crippen MR) is 95.1 cm³/mol. The highest BCUT2D eigenvalue weighted by atomic mass is 32.1. The number of aryl methyl sites for hydroxylation is 2. The molecule has 0 aliphatic carbocycles. The molecule has 0 unspecified atom stereocenters. The molecule has 0 aliphatic rings. The van der Waals surface area contributed by atoms with E-state index in [1.165, 1.54) is 11.6 Å². The summed E-state index contributed by atoms with van der Waals surface area (Å²) in [7, 11) is 0. The molecule has 2 rings (SSSR count). The van der Waals surface area contributed by atoms with Gasteiger partial charge in [0.05, 0.1) is 11.6 Å². The highest BCUT2D eigenvalue weighted by molar-refractivity contribution is 7.80. The highest BCUT2D eigenvalue weighted by Gasteiger charge is 2.30. The Morgan fingerprint density at radius 2 is 1.79 bits per heavy atom. The van der Waals surface area contributed by atoms with E-state index in [4.69, 9.17) is 12.2 Å². The first-order valence-corrected chi connectivity index (χ1v) is 7.89. The van der Waals surface area contributed by atoms with Crippen LogP contribution in [0.2, 0.25) is 0 Å². The molecule has 0 aromatic heterocycles. The maximum Gasteiger partial charge on any atom is 0.416 e. The molecule has 128 valence electrons. The van der Waals surface area contributed by atoms with Gasteiger partial charge in [-0.15, -0.1) is 0 Å². The first kappa shape index (κ1) is 18.3. The third-order valence-corrected chi connectivity index (χ3v) is 3.91. The zero-order valence-corrected chi connectivity index (χ0v) is 14.5. The zero-order chi connectivity index (χ0) is 17.9. The Balaban J connectivity index is 2.05. The van der Waals surface area contributed by atoms with Crippen molar-refractivity contribution in [1.82, 2.24) is 5.32 Å². The summed E-state index contributed by atoms with van der Waals surface area (Å²) in [5, 5.41) is 6.19. The van der Waals surface area contributed by atoms with E-state index < -0.39 is 11.7 Å². The summed E-state index contributed by atoms with van der Waals surface area (Å²) in [6, 6.07) is 11.0. The van der Waals surface area contributed by atoms with E-state index in [0.29, 0.717) is 5.69 Å². The van der Waals surface area contributed by atoms with Gasteiger partial charge in [-0.2, -0.15) is 13.2 Å². The number of alkyl halides is 3. The van der Waals surface area contributed by atoms with Gasteiger partial charge in [0.15, 0.2) is 5.11 Å². The Morgan fingerprint density at radius 1 is 1.08 bits per heavy atom. The van der Waals surface area contributed by atoms with Crippen LogP contribution >= 0.6 is 12.2 Å². The van der Waals surface area contributed by atoms with Crippen LogP contribution in [0.3, 0.4) is 0 Å². The van der Waals surface area contributed by atoms with Gasteiger partial charge in [-0.3, -0.25) is 0 Å². The van der Waals surface area contributed by atoms with Crippen LogP contribution < -0.4 is 10.6 Å². The van der Waals surface area contributed by atoms with Gasteiger partial charge >= 0.3 is 6.18 Å². The smallest absolute Gasteiger partial charge is 0.356 e. The molecule has 0 spiro atoms. The van der Waals surface area contributed by atoms with Gasteiger partial charge in [0.2, 0.25) is 0 Å². The number of hydrogen-bond donors (Lipinski definition) is 2. The Kier molecular flexibility index (Phi) is 5.49. The second kappa shape index (κ2) is 7.21. The van der Waals surface area contributed by atoms with Crippen LogP contribution in [0.1, 0.15) is 35.2 Å². The first-order valence-electron chi connectivity index (χ1n) is 7.49. The minimum atomic E-state index is -4.38. The van der Waals surface area contributed by atoms with Crippen molar-refractivity contribution in [3.05, 3.63) is 64.7 Å². The lowest BCUT2D eigenvalue weighted by molar-refractivity contribution is -0.137. The lowest BCUT2D eigenvalue weighted by Gasteiger charge is -2.20. The number of thiocarbonyl (C=S) groups is 1. The average molecular weight is 352 g/mol. The van der Waals surface area contributed by atoms with Crippen molar-refractivity contribution in [2.24, 2.45) is 0 Å². The van der Waals surface area contributed by atoms with Crippen molar-refractivity contribution in [2.75, 3.05) is 5.32 Å². The third-order valence-electron chi connectivity index (χ3n) is 3.69. The van der Waals surface area contributed by atoms with E-state index in [9.17, 15) is 13.2 Å². The molecule has 0 amide bonds. The van der Waals surface area contributed by atoms with Gasteiger partial charge in [-0.05, 0) is 62.3 Å². The minimum Gasteiger partial charge on any atom is -0.356 e. The lowest BCUT2D eigenvalue weighted by atomic mass is 10.0. The number of nitrogens with one attached hydrogen (secondary N) is 2. The Bertz CT molecular complexity index is 741. The summed E-state index contributed by atoms with van der Waals surface area (Å²) in [6.45, 7) is 6.00. The van der Waals surface area contributed by atoms with Crippen molar-refractivity contribution >= 4 is 23.0 Å². The molecule has 1 atom stereocenters. The summed E-state index contributed by atoms with van der Waals surface area (Å²) in [5.74, 6) is 0. The standard InChI is InChI=1S/C18H19F3N2S/c1-11-7-8-16(12(2)9-11)13(3)22-17(24)23-15-6-4-5-14(10-15)18(19,20)21/h4-10,13H,1-3H3,(H2,22,23,24)/t13-/m0/s1. The number of anilines is 1. The van der Waals surface area contributed by atoms with Gasteiger partial charge in [0.1, 0.15) is 0 Å². The fourth-order valence-electron chi connectivity index (χ4n) is 2.53. The van der Waals surface area contributed by atoms with Gasteiger partial charge < -0.3 is 10.6 Å². The van der Waals surface area contributed by atoms with E-state index >= 15 is 0 Å². The normalized spacial score (nSPS) is 12.6. The molecule has 0 saturated carbocycles. The number of hydrogen-bond acceptors (Lipinski definition) is 1. The first-order chi connectivity index (χ1) is 11.2. The lowest BCUT2D eigenvalue weighted by Crippen LogP contribution is -2.31. The molecule has 0 fully saturated rings. The quantitative estimate of drug-likeness (QED) is 0.726. The predicted octanol–water partition coefficient (Wildman–Crippen LogP) is 5.37. The van der Waals surface area contributed by atoms with Crippen LogP contribution in [0.25, 0.3) is 0 Å². The molecule has 0 bridgehead atoms. The van der Waals surface area contributed by atoms with Crippen LogP contribution in [0.5, 0.6) is 0 Å². The summed E-state index contributed by atoms with van der Waals surface area (Å²) < 4.78 is 38.2. The van der Waals surface area contributed by atoms with E-state index in [-0.39, 0.29) is 11.2 Å². The average Bonchev–Trinajstić information content (AvgIpc) is 2.46. The van der Waals surface area contributed by atoms with Crippen molar-refractivity contribution < 1.29 is 13.2 Å². The van der Waals surface area contributed by atoms with Crippen LogP contribution in [-0.4, -0.2) is 5.11 Å². The third kappa shape index (κ3) is 4.71. The molecule has 0 heterocycles. The second-order valence-electron chi connectivity index (χ2n) is 5.76. The van der Waals surface area contributed by atoms with Crippen molar-refractivity contribution in [3.8, 4) is 0 Å². The monoisotopic (exact) mass is 352 g/mol. The maximum atomic E-state index is 12.7. The van der Waals surface area contributed by atoms with Gasteiger partial charge in [0, 0.05) is 5.69 Å². The molecule has 24 heavy (non-hydrogen) atoms. The molecular weight excluding hydrogens is 333 g/mol. The van der Waals surface area contributed by atoms with Crippen molar-refractivity contribution in [2.45, 2.75) is 33.0 Å². The molecule has 2 aromatic carbocycles. The number of halogens is 3. The topological polar surface area (TPSA) is 24.1 Å². The molecule has 2 aromatic rings. The summed E-state index contributed by atoms with van der Waals surface area (Å²) >= 11 is 5.21. The van der Waals surface area contributed by atoms with E-state index in [1.807, 2.05) is 32.9 Å². The van der Waals surface area contributed by atoms with Crippen LogP contribution in [-0.2, 0) is 6.18 Å². The van der Waals surface area contributed by atoms with Crippen molar-refractivity contribution in [1.29, 1.82) is 0 Å². The fraction of sp³-hybridized carbons (Fsp3) is 0.278. The fourth-order valence-corrected chi connectivity index (χ4v) is 2.82. The molecule has 2 nitrogen and oxygen atoms in total. The minimum absolute atomic E-state index is 0.0589. The number of rotatable bonds is 3. The van der Waals surface area contributed by atoms with Gasteiger partial charge in [-0.1, -0.05) is 29.8 Å². The summed E-state index contributed by atoms with van der Waals surface area (Å²) in [5.41, 5.74) is 2.99. The molecule has 0 radical (unpaired) electrons. The highest BCUT2D eigenvalue weighted by Crippen LogP contribution is 2.30. The van der Waals surface area contributed by atoms with E-state index in [1.54, 1.807) is 6.07 Å². The summed E-state index contributed by atoms with van der Waals surface area (Å²) in [6.07, 6.45) is -4.38. The largest absolute Gasteiger partial charge is 0.416 e. The Labute approximate surface area is 145 Å². The number of benzene rings is 2. The van der Waals surface area contributed by atoms with Crippen LogP contribution in [0.4, 0.5) is 18.9 Å². The molecule has 2 N–H and O–H groups in total. The van der Waals surface area contributed by atoms with Crippen LogP contribution in [0.15, 0.2) is 42.5 Å². The molecule has 0 aliphatic heterocycles. The zero-order valence-electron chi connectivity index (χ0n) is 13.7. The molecule has 0 saturated heterocycles. The second-order valence-corrected chi connectivity index (χ2v) is 6.17.